The van der Waals surface area contributed by atoms with Gasteiger partial charge in [0.25, 0.3) is 0 Å². The third-order valence-corrected chi connectivity index (χ3v) is 4.45. The highest BCUT2D eigenvalue weighted by Crippen LogP contribution is 2.35. The number of hydrogen-bond donors (Lipinski definition) is 0. The van der Waals surface area contributed by atoms with Crippen LogP contribution in [0, 0.1) is 28.6 Å². The summed E-state index contributed by atoms with van der Waals surface area (Å²) in [7, 11) is 0. The molecule has 2 rings (SSSR count). The average molecular weight is 259 g/mol. The van der Waals surface area contributed by atoms with E-state index in [9.17, 15) is 0 Å². The van der Waals surface area contributed by atoms with E-state index < -0.39 is 0 Å². The lowest BCUT2D eigenvalue weighted by Crippen LogP contribution is -2.28. The van der Waals surface area contributed by atoms with Crippen molar-refractivity contribution in [3.05, 3.63) is 22.4 Å². The molecule has 0 radical (unpaired) electrons. The monoisotopic (exact) mass is 259 g/mol. The second-order valence-electron chi connectivity index (χ2n) is 4.69. The molecule has 0 saturated carbocycles. The van der Waals surface area contributed by atoms with E-state index in [1.165, 1.54) is 17.7 Å². The first-order chi connectivity index (χ1) is 8.85. The van der Waals surface area contributed by atoms with Crippen LogP contribution in [0.1, 0.15) is 36.6 Å². The van der Waals surface area contributed by atoms with E-state index in [1.54, 1.807) is 11.3 Å². The maximum atomic E-state index is 9.15. The molecule has 1 aliphatic heterocycles. The fourth-order valence-corrected chi connectivity index (χ4v) is 3.46. The minimum Gasteiger partial charge on any atom is -0.294 e. The normalized spacial score (nSPS) is 21.3. The van der Waals surface area contributed by atoms with Gasteiger partial charge in [-0.25, -0.2) is 0 Å². The molecule has 1 aliphatic rings. The van der Waals surface area contributed by atoms with Gasteiger partial charge in [0.1, 0.15) is 0 Å². The quantitative estimate of drug-likeness (QED) is 0.815. The van der Waals surface area contributed by atoms with Gasteiger partial charge in [0, 0.05) is 23.9 Å². The number of rotatable bonds is 5. The molecule has 0 aromatic carbocycles. The molecule has 1 aromatic rings. The van der Waals surface area contributed by atoms with Crippen LogP contribution in [0.4, 0.5) is 0 Å². The molecule has 1 saturated heterocycles. The van der Waals surface area contributed by atoms with E-state index in [1.807, 2.05) is 0 Å². The lowest BCUT2D eigenvalue weighted by atomic mass is 10.0. The zero-order chi connectivity index (χ0) is 12.8. The van der Waals surface area contributed by atoms with Crippen molar-refractivity contribution in [1.82, 2.24) is 4.90 Å². The third-order valence-electron chi connectivity index (χ3n) is 3.48. The Kier molecular flexibility index (Phi) is 4.75. The van der Waals surface area contributed by atoms with E-state index >= 15 is 0 Å². The molecular weight excluding hydrogens is 242 g/mol. The van der Waals surface area contributed by atoms with Gasteiger partial charge in [-0.05, 0) is 37.3 Å². The van der Waals surface area contributed by atoms with Crippen molar-refractivity contribution in [2.24, 2.45) is 5.92 Å². The second kappa shape index (κ2) is 6.54. The summed E-state index contributed by atoms with van der Waals surface area (Å²) in [5.41, 5.74) is 0. The molecule has 18 heavy (non-hydrogen) atoms. The van der Waals surface area contributed by atoms with Crippen LogP contribution in [0.5, 0.6) is 0 Å². The predicted octanol–water partition coefficient (Wildman–Crippen LogP) is 3.33. The molecule has 0 bridgehead atoms. The fraction of sp³-hybridized carbons (Fsp3) is 0.571. The second-order valence-corrected chi connectivity index (χ2v) is 5.67. The Labute approximate surface area is 112 Å². The Balaban J connectivity index is 1.96. The minimum absolute atomic E-state index is 0.00906. The summed E-state index contributed by atoms with van der Waals surface area (Å²) >= 11 is 1.80. The summed E-state index contributed by atoms with van der Waals surface area (Å²) in [4.78, 5) is 3.82. The van der Waals surface area contributed by atoms with Crippen molar-refractivity contribution in [3.63, 3.8) is 0 Å². The van der Waals surface area contributed by atoms with Crippen LogP contribution < -0.4 is 0 Å². The zero-order valence-electron chi connectivity index (χ0n) is 10.4. The minimum atomic E-state index is -0.00906. The number of likely N-dealkylation sites (tertiary alicyclic amines) is 1. The molecule has 4 heteroatoms. The van der Waals surface area contributed by atoms with E-state index in [0.29, 0.717) is 18.9 Å². The van der Waals surface area contributed by atoms with Crippen LogP contribution in [0.25, 0.3) is 0 Å². The van der Waals surface area contributed by atoms with Gasteiger partial charge in [-0.3, -0.25) is 4.90 Å². The molecule has 2 heterocycles. The maximum Gasteiger partial charge on any atom is 0.0669 e. The molecule has 1 aromatic heterocycles. The first-order valence-electron chi connectivity index (χ1n) is 6.39. The highest BCUT2D eigenvalue weighted by molar-refractivity contribution is 7.10. The Morgan fingerprint density at radius 2 is 2.39 bits per heavy atom. The van der Waals surface area contributed by atoms with Gasteiger partial charge < -0.3 is 0 Å². The summed E-state index contributed by atoms with van der Waals surface area (Å²) < 4.78 is 0. The molecule has 0 unspecified atom stereocenters. The smallest absolute Gasteiger partial charge is 0.0669 e. The molecule has 0 amide bonds. The van der Waals surface area contributed by atoms with E-state index in [0.717, 1.165) is 13.1 Å². The average Bonchev–Trinajstić information content (AvgIpc) is 3.04. The number of thiophene rings is 1. The topological polar surface area (TPSA) is 50.8 Å². The Morgan fingerprint density at radius 1 is 1.50 bits per heavy atom. The van der Waals surface area contributed by atoms with E-state index in [-0.39, 0.29) is 5.92 Å². The van der Waals surface area contributed by atoms with Crippen LogP contribution in [-0.2, 0) is 0 Å². The third kappa shape index (κ3) is 3.10. The Hall–Kier alpha value is -1.36. The predicted molar refractivity (Wildman–Crippen MR) is 71.8 cm³/mol. The summed E-state index contributed by atoms with van der Waals surface area (Å²) in [5, 5.41) is 19.9. The number of hydrogen-bond acceptors (Lipinski definition) is 4. The zero-order valence-corrected chi connectivity index (χ0v) is 11.2. The molecule has 0 spiro atoms. The van der Waals surface area contributed by atoms with Crippen molar-refractivity contribution in [3.8, 4) is 12.1 Å². The van der Waals surface area contributed by atoms with Gasteiger partial charge in [-0.2, -0.15) is 10.5 Å². The highest BCUT2D eigenvalue weighted by atomic mass is 32.1. The van der Waals surface area contributed by atoms with Crippen LogP contribution >= 0.6 is 11.3 Å². The van der Waals surface area contributed by atoms with Gasteiger partial charge in [0.15, 0.2) is 0 Å². The summed E-state index contributed by atoms with van der Waals surface area (Å²) in [6.07, 6.45) is 3.58. The van der Waals surface area contributed by atoms with Gasteiger partial charge in [0.2, 0.25) is 0 Å². The fourth-order valence-electron chi connectivity index (χ4n) is 2.57. The lowest BCUT2D eigenvalue weighted by Gasteiger charge is -2.25. The Morgan fingerprint density at radius 3 is 3.06 bits per heavy atom. The first-order valence-corrected chi connectivity index (χ1v) is 7.27. The largest absolute Gasteiger partial charge is 0.294 e. The van der Waals surface area contributed by atoms with Gasteiger partial charge >= 0.3 is 0 Å². The highest BCUT2D eigenvalue weighted by Gasteiger charge is 2.28. The SMILES string of the molecule is N#CCC[C@H](C#N)CN1CCC[C@H]1c1cccs1. The van der Waals surface area contributed by atoms with E-state index in [2.05, 4.69) is 34.6 Å². The van der Waals surface area contributed by atoms with Crippen LogP contribution in [-0.4, -0.2) is 18.0 Å². The standard InChI is InChI=1S/C14H17N3S/c15-7-1-4-12(10-16)11-17-8-2-5-13(17)14-6-3-9-18-14/h3,6,9,12-13H,1-2,4-5,8,11H2/t12-,13+/m1/s1. The molecule has 1 fully saturated rings. The van der Waals surface area contributed by atoms with Crippen molar-refractivity contribution >= 4 is 11.3 Å². The molecule has 0 N–H and O–H groups in total. The molecule has 3 nitrogen and oxygen atoms in total. The van der Waals surface area contributed by atoms with Gasteiger partial charge in [-0.1, -0.05) is 6.07 Å². The number of nitrogens with zero attached hydrogens (tertiary/aromatic N) is 3. The van der Waals surface area contributed by atoms with Crippen LogP contribution in [0.3, 0.4) is 0 Å². The summed E-state index contributed by atoms with van der Waals surface area (Å²) in [6, 6.07) is 9.23. The van der Waals surface area contributed by atoms with Crippen LogP contribution in [0.15, 0.2) is 17.5 Å². The van der Waals surface area contributed by atoms with Crippen molar-refractivity contribution < 1.29 is 0 Å². The summed E-state index contributed by atoms with van der Waals surface area (Å²) in [6.45, 7) is 1.88. The summed E-state index contributed by atoms with van der Waals surface area (Å²) in [5.74, 6) is -0.00906. The van der Waals surface area contributed by atoms with Crippen LogP contribution in [0.2, 0.25) is 0 Å². The number of nitriles is 2. The maximum absolute atomic E-state index is 9.15. The van der Waals surface area contributed by atoms with Crippen molar-refractivity contribution in [2.45, 2.75) is 31.7 Å². The van der Waals surface area contributed by atoms with Crippen molar-refractivity contribution in [1.29, 1.82) is 10.5 Å². The lowest BCUT2D eigenvalue weighted by molar-refractivity contribution is 0.233. The molecule has 0 aliphatic carbocycles. The van der Waals surface area contributed by atoms with Crippen molar-refractivity contribution in [2.75, 3.05) is 13.1 Å². The van der Waals surface area contributed by atoms with Gasteiger partial charge in [-0.15, -0.1) is 11.3 Å². The van der Waals surface area contributed by atoms with E-state index in [4.69, 9.17) is 10.5 Å². The molecule has 2 atom stereocenters. The molecular formula is C14H17N3S. The van der Waals surface area contributed by atoms with Gasteiger partial charge in [0.05, 0.1) is 18.1 Å². The molecule has 94 valence electrons. The Bertz CT molecular complexity index is 441. The first kappa shape index (κ1) is 13.1.